The number of hydrogen-bond acceptors (Lipinski definition) is 3. The number of aromatic nitrogens is 2. The third kappa shape index (κ3) is 2.46. The highest BCUT2D eigenvalue weighted by Crippen LogP contribution is 2.16. The van der Waals surface area contributed by atoms with Crippen LogP contribution >= 0.6 is 0 Å². The molecular weight excluding hydrogens is 240 g/mol. The molecule has 0 unspecified atom stereocenters. The maximum Gasteiger partial charge on any atom is 0.255 e. The summed E-state index contributed by atoms with van der Waals surface area (Å²) in [6, 6.07) is 5.65. The number of rotatable bonds is 5. The molecule has 0 bridgehead atoms. The Morgan fingerprint density at radius 3 is 2.79 bits per heavy atom. The number of carbonyl (C=O) groups excluding carboxylic acids is 1. The molecule has 102 valence electrons. The zero-order valence-electron chi connectivity index (χ0n) is 11.4. The summed E-state index contributed by atoms with van der Waals surface area (Å²) < 4.78 is 1.69. The van der Waals surface area contributed by atoms with E-state index >= 15 is 0 Å². The number of pyridine rings is 1. The molecule has 2 heterocycles. The molecule has 0 aromatic carbocycles. The van der Waals surface area contributed by atoms with Crippen molar-refractivity contribution in [3.63, 3.8) is 0 Å². The summed E-state index contributed by atoms with van der Waals surface area (Å²) in [5, 5.41) is 7.23. The lowest BCUT2D eigenvalue weighted by Gasteiger charge is -2.31. The monoisotopic (exact) mass is 260 g/mol. The molecule has 0 fully saturated rings. The van der Waals surface area contributed by atoms with Crippen molar-refractivity contribution in [3.05, 3.63) is 36.2 Å². The van der Waals surface area contributed by atoms with Gasteiger partial charge in [0.25, 0.3) is 5.91 Å². The van der Waals surface area contributed by atoms with Crippen molar-refractivity contribution >= 4 is 11.4 Å². The second kappa shape index (κ2) is 5.40. The van der Waals surface area contributed by atoms with Gasteiger partial charge in [0.05, 0.1) is 22.8 Å². The van der Waals surface area contributed by atoms with Gasteiger partial charge in [-0.05, 0) is 25.0 Å². The summed E-state index contributed by atoms with van der Waals surface area (Å²) >= 11 is 0. The van der Waals surface area contributed by atoms with Gasteiger partial charge in [-0.2, -0.15) is 5.10 Å². The summed E-state index contributed by atoms with van der Waals surface area (Å²) in [7, 11) is 0. The first kappa shape index (κ1) is 13.5. The minimum absolute atomic E-state index is 0.115. The Morgan fingerprint density at radius 1 is 1.42 bits per heavy atom. The first-order valence-corrected chi connectivity index (χ1v) is 6.60. The molecule has 2 aromatic rings. The van der Waals surface area contributed by atoms with Crippen LogP contribution in [0.2, 0.25) is 0 Å². The van der Waals surface area contributed by atoms with E-state index in [1.54, 1.807) is 10.7 Å². The Morgan fingerprint density at radius 2 is 2.16 bits per heavy atom. The predicted octanol–water partition coefficient (Wildman–Crippen LogP) is 1.58. The normalized spacial score (nSPS) is 11.7. The molecule has 5 nitrogen and oxygen atoms in total. The number of hydrogen-bond donors (Lipinski definition) is 2. The standard InChI is InChI=1S/C14H20N4O/c1-3-14(4-2,10-15)17-13(19)11-9-16-18-8-6-5-7-12(11)18/h5-9H,3-4,10,15H2,1-2H3,(H,17,19). The molecule has 19 heavy (non-hydrogen) atoms. The van der Waals surface area contributed by atoms with E-state index in [1.165, 1.54) is 0 Å². The molecule has 2 rings (SSSR count). The topological polar surface area (TPSA) is 72.4 Å². The maximum absolute atomic E-state index is 12.4. The van der Waals surface area contributed by atoms with Crippen LogP contribution in [0.3, 0.4) is 0 Å². The Kier molecular flexibility index (Phi) is 3.85. The van der Waals surface area contributed by atoms with Crippen molar-refractivity contribution in [2.24, 2.45) is 5.73 Å². The minimum Gasteiger partial charge on any atom is -0.345 e. The molecule has 1 amide bonds. The molecular formula is C14H20N4O. The van der Waals surface area contributed by atoms with Crippen LogP contribution in [0.25, 0.3) is 5.52 Å². The smallest absolute Gasteiger partial charge is 0.255 e. The highest BCUT2D eigenvalue weighted by molar-refractivity contribution is 6.00. The fraction of sp³-hybridized carbons (Fsp3) is 0.429. The molecule has 0 spiro atoms. The molecule has 5 heteroatoms. The van der Waals surface area contributed by atoms with Gasteiger partial charge in [-0.3, -0.25) is 4.79 Å². The van der Waals surface area contributed by atoms with E-state index in [1.807, 2.05) is 38.2 Å². The van der Waals surface area contributed by atoms with E-state index in [0.717, 1.165) is 18.4 Å². The fourth-order valence-electron chi connectivity index (χ4n) is 2.18. The van der Waals surface area contributed by atoms with E-state index in [-0.39, 0.29) is 11.4 Å². The number of nitrogens with two attached hydrogens (primary N) is 1. The molecule has 0 aliphatic carbocycles. The van der Waals surface area contributed by atoms with Crippen LogP contribution in [0.1, 0.15) is 37.0 Å². The van der Waals surface area contributed by atoms with Gasteiger partial charge >= 0.3 is 0 Å². The third-order valence-corrected chi connectivity index (χ3v) is 3.79. The Hall–Kier alpha value is -1.88. The molecule has 0 saturated carbocycles. The second-order valence-electron chi connectivity index (χ2n) is 4.73. The van der Waals surface area contributed by atoms with E-state index < -0.39 is 0 Å². The lowest BCUT2D eigenvalue weighted by Crippen LogP contribution is -2.52. The number of nitrogens with zero attached hydrogens (tertiary/aromatic N) is 2. The predicted molar refractivity (Wildman–Crippen MR) is 75.0 cm³/mol. The molecule has 3 N–H and O–H groups in total. The second-order valence-corrected chi connectivity index (χ2v) is 4.73. The average molecular weight is 260 g/mol. The molecule has 2 aromatic heterocycles. The van der Waals surface area contributed by atoms with Gasteiger partial charge in [-0.15, -0.1) is 0 Å². The van der Waals surface area contributed by atoms with Gasteiger partial charge in [0, 0.05) is 12.7 Å². The van der Waals surface area contributed by atoms with Gasteiger partial charge in [-0.1, -0.05) is 19.9 Å². The van der Waals surface area contributed by atoms with Crippen molar-refractivity contribution in [2.75, 3.05) is 6.54 Å². The van der Waals surface area contributed by atoms with Crippen molar-refractivity contribution in [3.8, 4) is 0 Å². The number of nitrogens with one attached hydrogen (secondary N) is 1. The zero-order chi connectivity index (χ0) is 13.9. The quantitative estimate of drug-likeness (QED) is 0.857. The van der Waals surface area contributed by atoms with Gasteiger partial charge in [-0.25, -0.2) is 4.52 Å². The third-order valence-electron chi connectivity index (χ3n) is 3.79. The van der Waals surface area contributed by atoms with Crippen LogP contribution in [0.4, 0.5) is 0 Å². The summed E-state index contributed by atoms with van der Waals surface area (Å²) in [6.07, 6.45) is 5.04. The number of carbonyl (C=O) groups is 1. The summed E-state index contributed by atoms with van der Waals surface area (Å²) in [5.41, 5.74) is 6.86. The van der Waals surface area contributed by atoms with E-state index in [2.05, 4.69) is 10.4 Å². The van der Waals surface area contributed by atoms with Gasteiger partial charge < -0.3 is 11.1 Å². The van der Waals surface area contributed by atoms with E-state index in [0.29, 0.717) is 12.1 Å². The van der Waals surface area contributed by atoms with Crippen molar-refractivity contribution < 1.29 is 4.79 Å². The van der Waals surface area contributed by atoms with Crippen LogP contribution in [-0.2, 0) is 0 Å². The Balaban J connectivity index is 2.29. The summed E-state index contributed by atoms with van der Waals surface area (Å²) in [4.78, 5) is 12.4. The minimum atomic E-state index is -0.333. The largest absolute Gasteiger partial charge is 0.345 e. The lowest BCUT2D eigenvalue weighted by molar-refractivity contribution is 0.0897. The van der Waals surface area contributed by atoms with Crippen LogP contribution in [-0.4, -0.2) is 27.6 Å². The van der Waals surface area contributed by atoms with Crippen LogP contribution < -0.4 is 11.1 Å². The maximum atomic E-state index is 12.4. The molecule has 0 aliphatic heterocycles. The van der Waals surface area contributed by atoms with E-state index in [4.69, 9.17) is 5.73 Å². The van der Waals surface area contributed by atoms with Crippen molar-refractivity contribution in [1.82, 2.24) is 14.9 Å². The van der Waals surface area contributed by atoms with Crippen molar-refractivity contribution in [2.45, 2.75) is 32.2 Å². The van der Waals surface area contributed by atoms with E-state index in [9.17, 15) is 4.79 Å². The Bertz CT molecular complexity index is 563. The fourth-order valence-corrected chi connectivity index (χ4v) is 2.18. The summed E-state index contributed by atoms with van der Waals surface area (Å²) in [6.45, 7) is 4.50. The molecule has 0 aliphatic rings. The molecule has 0 saturated heterocycles. The first-order valence-electron chi connectivity index (χ1n) is 6.60. The number of amides is 1. The van der Waals surface area contributed by atoms with Crippen LogP contribution in [0.15, 0.2) is 30.6 Å². The Labute approximate surface area is 112 Å². The first-order chi connectivity index (χ1) is 9.15. The highest BCUT2D eigenvalue weighted by Gasteiger charge is 2.27. The summed E-state index contributed by atoms with van der Waals surface area (Å²) in [5.74, 6) is -0.115. The van der Waals surface area contributed by atoms with Crippen LogP contribution in [0.5, 0.6) is 0 Å². The lowest BCUT2D eigenvalue weighted by atomic mass is 9.92. The SMILES string of the molecule is CCC(CC)(CN)NC(=O)c1cnn2ccccc12. The van der Waals surface area contributed by atoms with Crippen LogP contribution in [0, 0.1) is 0 Å². The van der Waals surface area contributed by atoms with Crippen molar-refractivity contribution in [1.29, 1.82) is 0 Å². The molecule has 0 atom stereocenters. The zero-order valence-corrected chi connectivity index (χ0v) is 11.4. The number of fused-ring (bicyclic) bond motifs is 1. The van der Waals surface area contributed by atoms with Gasteiger partial charge in [0.2, 0.25) is 0 Å². The molecule has 0 radical (unpaired) electrons. The average Bonchev–Trinajstić information content (AvgIpc) is 2.89. The van der Waals surface area contributed by atoms with Gasteiger partial charge in [0.15, 0.2) is 0 Å². The van der Waals surface area contributed by atoms with Gasteiger partial charge in [0.1, 0.15) is 0 Å². The highest BCUT2D eigenvalue weighted by atomic mass is 16.1.